The molecule has 1 aliphatic carbocycles. The Morgan fingerprint density at radius 1 is 1.14 bits per heavy atom. The van der Waals surface area contributed by atoms with Crippen LogP contribution in [-0.4, -0.2) is 25.3 Å². The van der Waals surface area contributed by atoms with Crippen molar-refractivity contribution in [2.75, 3.05) is 12.3 Å². The minimum absolute atomic E-state index is 0.135. The smallest absolute Gasteiger partial charge is 0.245 e. The van der Waals surface area contributed by atoms with Crippen molar-refractivity contribution in [3.8, 4) is 0 Å². The summed E-state index contributed by atoms with van der Waals surface area (Å²) >= 11 is 5.96. The van der Waals surface area contributed by atoms with Crippen molar-refractivity contribution in [3.05, 3.63) is 23.2 Å². The molecule has 2 aliphatic rings. The van der Waals surface area contributed by atoms with Crippen molar-refractivity contribution in [2.45, 2.75) is 49.5 Å². The van der Waals surface area contributed by atoms with Crippen molar-refractivity contribution >= 4 is 27.3 Å². The number of nitrogens with zero attached hydrogens (tertiary/aromatic N) is 1. The Morgan fingerprint density at radius 2 is 1.86 bits per heavy atom. The molecule has 1 aromatic rings. The molecule has 2 unspecified atom stereocenters. The van der Waals surface area contributed by atoms with E-state index in [1.807, 2.05) is 0 Å². The van der Waals surface area contributed by atoms with Crippen LogP contribution in [0, 0.1) is 5.92 Å². The number of halogens is 1. The lowest BCUT2D eigenvalue weighted by Crippen LogP contribution is -2.49. The van der Waals surface area contributed by atoms with E-state index in [1.165, 1.54) is 12.5 Å². The molecule has 1 saturated heterocycles. The molecule has 2 fully saturated rings. The van der Waals surface area contributed by atoms with E-state index in [2.05, 4.69) is 0 Å². The first kappa shape index (κ1) is 15.1. The van der Waals surface area contributed by atoms with Crippen LogP contribution in [0.15, 0.2) is 23.1 Å². The third kappa shape index (κ3) is 2.79. The van der Waals surface area contributed by atoms with E-state index in [1.54, 1.807) is 16.4 Å². The summed E-state index contributed by atoms with van der Waals surface area (Å²) in [5.41, 5.74) is 6.16. The van der Waals surface area contributed by atoms with E-state index in [-0.39, 0.29) is 16.6 Å². The van der Waals surface area contributed by atoms with Gasteiger partial charge in [0.1, 0.15) is 4.90 Å². The molecule has 116 valence electrons. The molecule has 1 aliphatic heterocycles. The summed E-state index contributed by atoms with van der Waals surface area (Å²) in [5, 5.41) is 0.403. The molecule has 1 aromatic carbocycles. The fraction of sp³-hybridized carbons (Fsp3) is 0.600. The molecule has 4 nitrogen and oxygen atoms in total. The quantitative estimate of drug-likeness (QED) is 0.847. The highest BCUT2D eigenvalue weighted by atomic mass is 35.5. The summed E-state index contributed by atoms with van der Waals surface area (Å²) in [4.78, 5) is 0.154. The molecule has 0 bridgehead atoms. The van der Waals surface area contributed by atoms with E-state index in [9.17, 15) is 8.42 Å². The molecule has 2 N–H and O–H groups in total. The van der Waals surface area contributed by atoms with Crippen molar-refractivity contribution in [1.82, 2.24) is 4.31 Å². The number of hydrogen-bond acceptors (Lipinski definition) is 3. The third-order valence-electron chi connectivity index (χ3n) is 4.75. The van der Waals surface area contributed by atoms with Gasteiger partial charge < -0.3 is 5.73 Å². The van der Waals surface area contributed by atoms with Crippen molar-refractivity contribution in [3.63, 3.8) is 0 Å². The highest BCUT2D eigenvalue weighted by Gasteiger charge is 2.40. The molecule has 1 heterocycles. The van der Waals surface area contributed by atoms with Crippen LogP contribution >= 0.6 is 11.6 Å². The maximum Gasteiger partial charge on any atom is 0.245 e. The van der Waals surface area contributed by atoms with Gasteiger partial charge in [0.15, 0.2) is 0 Å². The Labute approximate surface area is 131 Å². The molecule has 6 heteroatoms. The van der Waals surface area contributed by atoms with Gasteiger partial charge in [-0.1, -0.05) is 24.4 Å². The van der Waals surface area contributed by atoms with Crippen molar-refractivity contribution in [1.29, 1.82) is 0 Å². The number of sulfonamides is 1. The highest BCUT2D eigenvalue weighted by molar-refractivity contribution is 7.89. The number of piperidine rings is 1. The first-order valence-electron chi connectivity index (χ1n) is 7.57. The fourth-order valence-electron chi connectivity index (χ4n) is 3.74. The zero-order chi connectivity index (χ0) is 15.0. The Hall–Kier alpha value is -0.780. The first-order valence-corrected chi connectivity index (χ1v) is 9.39. The monoisotopic (exact) mass is 328 g/mol. The van der Waals surface area contributed by atoms with E-state index < -0.39 is 10.0 Å². The maximum absolute atomic E-state index is 13.0. The van der Waals surface area contributed by atoms with Crippen molar-refractivity contribution < 1.29 is 8.42 Å². The number of nitrogen functional groups attached to an aromatic ring is 1. The third-order valence-corrected chi connectivity index (χ3v) is 6.97. The molecule has 0 aromatic heterocycles. The van der Waals surface area contributed by atoms with Crippen LogP contribution in [0.5, 0.6) is 0 Å². The number of rotatable bonds is 2. The van der Waals surface area contributed by atoms with Gasteiger partial charge in [0.05, 0.1) is 5.69 Å². The molecule has 0 spiro atoms. The lowest BCUT2D eigenvalue weighted by molar-refractivity contribution is 0.129. The second-order valence-electron chi connectivity index (χ2n) is 6.05. The normalized spacial score (nSPS) is 27.3. The van der Waals surface area contributed by atoms with Crippen LogP contribution in [0.2, 0.25) is 5.02 Å². The van der Waals surface area contributed by atoms with Gasteiger partial charge in [0, 0.05) is 17.6 Å². The highest BCUT2D eigenvalue weighted by Crippen LogP contribution is 2.39. The Morgan fingerprint density at radius 3 is 2.67 bits per heavy atom. The summed E-state index contributed by atoms with van der Waals surface area (Å²) < 4.78 is 27.7. The number of benzene rings is 1. The van der Waals surface area contributed by atoms with Crippen LogP contribution in [0.4, 0.5) is 5.69 Å². The summed E-state index contributed by atoms with van der Waals surface area (Å²) in [6.45, 7) is 0.593. The summed E-state index contributed by atoms with van der Waals surface area (Å²) in [5.74, 6) is 0.502. The fourth-order valence-corrected chi connectivity index (χ4v) is 5.87. The SMILES string of the molecule is Nc1ccc(Cl)cc1S(=O)(=O)N1CCCC2CCCCC21. The molecule has 0 amide bonds. The molecule has 1 saturated carbocycles. The summed E-state index contributed by atoms with van der Waals surface area (Å²) in [7, 11) is -3.56. The van der Waals surface area contributed by atoms with Crippen LogP contribution < -0.4 is 5.73 Å². The van der Waals surface area contributed by atoms with Gasteiger partial charge in [-0.2, -0.15) is 4.31 Å². The minimum atomic E-state index is -3.56. The Kier molecular flexibility index (Phi) is 4.17. The maximum atomic E-state index is 13.0. The van der Waals surface area contributed by atoms with Gasteiger partial charge in [-0.05, 0) is 49.8 Å². The lowest BCUT2D eigenvalue weighted by atomic mass is 9.79. The van der Waals surface area contributed by atoms with Gasteiger partial charge in [-0.15, -0.1) is 0 Å². The van der Waals surface area contributed by atoms with Crippen LogP contribution in [0.1, 0.15) is 38.5 Å². The largest absolute Gasteiger partial charge is 0.398 e. The van der Waals surface area contributed by atoms with Gasteiger partial charge in [-0.3, -0.25) is 0 Å². The van der Waals surface area contributed by atoms with E-state index in [4.69, 9.17) is 17.3 Å². The molecule has 21 heavy (non-hydrogen) atoms. The standard InChI is InChI=1S/C15H21ClN2O2S/c16-12-7-8-13(17)15(10-12)21(19,20)18-9-3-5-11-4-1-2-6-14(11)18/h7-8,10-11,14H,1-6,9,17H2. The van der Waals surface area contributed by atoms with Crippen LogP contribution in [-0.2, 0) is 10.0 Å². The van der Waals surface area contributed by atoms with Gasteiger partial charge in [0.2, 0.25) is 10.0 Å². The van der Waals surface area contributed by atoms with Crippen LogP contribution in [0.25, 0.3) is 0 Å². The molecule has 3 rings (SSSR count). The molecule has 0 radical (unpaired) electrons. The minimum Gasteiger partial charge on any atom is -0.398 e. The lowest BCUT2D eigenvalue weighted by Gasteiger charge is -2.43. The number of hydrogen-bond donors (Lipinski definition) is 1. The number of nitrogens with two attached hydrogens (primary N) is 1. The molecular weight excluding hydrogens is 308 g/mol. The van der Waals surface area contributed by atoms with Gasteiger partial charge >= 0.3 is 0 Å². The van der Waals surface area contributed by atoms with Gasteiger partial charge in [0.25, 0.3) is 0 Å². The zero-order valence-electron chi connectivity index (χ0n) is 12.0. The second-order valence-corrected chi connectivity index (χ2v) is 8.35. The Bertz CT molecular complexity index is 631. The summed E-state index contributed by atoms with van der Waals surface area (Å²) in [6, 6.07) is 4.79. The molecule has 2 atom stereocenters. The average molecular weight is 329 g/mol. The molecular formula is C15H21ClN2O2S. The number of fused-ring (bicyclic) bond motifs is 1. The average Bonchev–Trinajstić information content (AvgIpc) is 2.49. The van der Waals surface area contributed by atoms with Gasteiger partial charge in [-0.25, -0.2) is 8.42 Å². The Balaban J connectivity index is 1.98. The van der Waals surface area contributed by atoms with Crippen molar-refractivity contribution in [2.24, 2.45) is 5.92 Å². The second kappa shape index (κ2) is 5.78. The predicted molar refractivity (Wildman–Crippen MR) is 84.7 cm³/mol. The topological polar surface area (TPSA) is 63.4 Å². The first-order chi connectivity index (χ1) is 10.00. The van der Waals surface area contributed by atoms with E-state index in [0.29, 0.717) is 17.5 Å². The number of anilines is 1. The zero-order valence-corrected chi connectivity index (χ0v) is 13.5. The van der Waals surface area contributed by atoms with E-state index >= 15 is 0 Å². The van der Waals surface area contributed by atoms with Crippen LogP contribution in [0.3, 0.4) is 0 Å². The summed E-state index contributed by atoms with van der Waals surface area (Å²) in [6.07, 6.45) is 6.50. The van der Waals surface area contributed by atoms with E-state index in [0.717, 1.165) is 32.1 Å². The predicted octanol–water partition coefficient (Wildman–Crippen LogP) is 3.27.